The Hall–Kier alpha value is -4.07. The molecule has 2 aromatic carbocycles. The van der Waals surface area contributed by atoms with Gasteiger partial charge in [-0.05, 0) is 30.0 Å². The molecule has 0 unspecified atom stereocenters. The fourth-order valence-electron chi connectivity index (χ4n) is 4.33. The van der Waals surface area contributed by atoms with Gasteiger partial charge in [-0.3, -0.25) is 13.9 Å². The van der Waals surface area contributed by atoms with E-state index >= 15 is 0 Å². The molecule has 2 N–H and O–H groups in total. The van der Waals surface area contributed by atoms with Gasteiger partial charge in [-0.25, -0.2) is 4.79 Å². The van der Waals surface area contributed by atoms with Crippen LogP contribution in [0.2, 0.25) is 0 Å². The number of para-hydroxylation sites is 1. The zero-order valence-corrected chi connectivity index (χ0v) is 18.7. The molecule has 0 saturated carbocycles. The molecule has 0 bridgehead atoms. The summed E-state index contributed by atoms with van der Waals surface area (Å²) in [5.74, 6) is 0.596. The summed E-state index contributed by atoms with van der Waals surface area (Å²) in [6.07, 6.45) is 3.57. The van der Waals surface area contributed by atoms with E-state index in [2.05, 4.69) is 39.6 Å². The van der Waals surface area contributed by atoms with Gasteiger partial charge in [0.25, 0.3) is 5.56 Å². The Kier molecular flexibility index (Phi) is 5.34. The van der Waals surface area contributed by atoms with E-state index < -0.39 is 0 Å². The van der Waals surface area contributed by atoms with E-state index in [0.29, 0.717) is 30.2 Å². The van der Waals surface area contributed by atoms with Crippen LogP contribution in [0.4, 0.5) is 5.95 Å². The number of benzene rings is 2. The zero-order valence-electron chi connectivity index (χ0n) is 18.7. The van der Waals surface area contributed by atoms with E-state index in [9.17, 15) is 9.59 Å². The van der Waals surface area contributed by atoms with Gasteiger partial charge < -0.3 is 14.9 Å². The molecule has 0 aliphatic carbocycles. The smallest absolute Gasteiger partial charge is 0.332 e. The second-order valence-electron chi connectivity index (χ2n) is 8.24. The summed E-state index contributed by atoms with van der Waals surface area (Å²) in [7, 11) is 3.15. The summed E-state index contributed by atoms with van der Waals surface area (Å²) in [6, 6.07) is 18.3. The lowest BCUT2D eigenvalue weighted by molar-refractivity contribution is 0.686. The van der Waals surface area contributed by atoms with E-state index in [4.69, 9.17) is 0 Å². The molecule has 0 radical (unpaired) electrons. The lowest BCUT2D eigenvalue weighted by atomic mass is 10.1. The molecular weight excluding hydrogens is 416 g/mol. The number of imidazole rings is 1. The lowest BCUT2D eigenvalue weighted by Crippen LogP contribution is -2.37. The number of aryl methyl sites for hydroxylation is 3. The number of fused-ring (bicyclic) bond motifs is 2. The molecule has 0 aliphatic heterocycles. The van der Waals surface area contributed by atoms with Crippen molar-refractivity contribution in [1.29, 1.82) is 0 Å². The Morgan fingerprint density at radius 2 is 1.70 bits per heavy atom. The first-order chi connectivity index (χ1) is 16.0. The number of nitrogens with zero attached hydrogens (tertiary/aromatic N) is 4. The third-order valence-corrected chi connectivity index (χ3v) is 6.17. The average Bonchev–Trinajstić information content (AvgIpc) is 3.42. The van der Waals surface area contributed by atoms with Crippen molar-refractivity contribution in [2.45, 2.75) is 19.4 Å². The summed E-state index contributed by atoms with van der Waals surface area (Å²) in [5, 5.41) is 4.61. The second-order valence-corrected chi connectivity index (χ2v) is 8.24. The molecule has 0 fully saturated rings. The van der Waals surface area contributed by atoms with Crippen molar-refractivity contribution in [2.24, 2.45) is 14.1 Å². The van der Waals surface area contributed by atoms with Crippen LogP contribution in [0.5, 0.6) is 0 Å². The van der Waals surface area contributed by atoms with Crippen molar-refractivity contribution in [1.82, 2.24) is 23.7 Å². The van der Waals surface area contributed by atoms with Gasteiger partial charge in [-0.2, -0.15) is 4.98 Å². The van der Waals surface area contributed by atoms with Gasteiger partial charge in [0.1, 0.15) is 0 Å². The van der Waals surface area contributed by atoms with Crippen LogP contribution < -0.4 is 16.6 Å². The number of hydrogen-bond donors (Lipinski definition) is 2. The van der Waals surface area contributed by atoms with Gasteiger partial charge in [-0.15, -0.1) is 0 Å². The molecule has 5 aromatic rings. The fraction of sp³-hybridized carbons (Fsp3) is 0.240. The second kappa shape index (κ2) is 8.46. The molecule has 0 amide bonds. The summed E-state index contributed by atoms with van der Waals surface area (Å²) < 4.78 is 4.47. The molecule has 168 valence electrons. The van der Waals surface area contributed by atoms with Gasteiger partial charge in [0.2, 0.25) is 5.95 Å². The lowest BCUT2D eigenvalue weighted by Gasteiger charge is -2.11. The fourth-order valence-corrected chi connectivity index (χ4v) is 4.33. The van der Waals surface area contributed by atoms with Crippen LogP contribution in [0.3, 0.4) is 0 Å². The highest BCUT2D eigenvalue weighted by Gasteiger charge is 2.19. The van der Waals surface area contributed by atoms with E-state index in [1.807, 2.05) is 41.1 Å². The molecule has 33 heavy (non-hydrogen) atoms. The Labute approximate surface area is 190 Å². The summed E-state index contributed by atoms with van der Waals surface area (Å²) >= 11 is 0. The number of hydrogen-bond acceptors (Lipinski definition) is 4. The van der Waals surface area contributed by atoms with Gasteiger partial charge in [-0.1, -0.05) is 48.5 Å². The minimum Gasteiger partial charge on any atom is -0.361 e. The van der Waals surface area contributed by atoms with Crippen molar-refractivity contribution in [3.05, 3.63) is 92.8 Å². The van der Waals surface area contributed by atoms with Crippen molar-refractivity contribution < 1.29 is 0 Å². The van der Waals surface area contributed by atoms with Crippen molar-refractivity contribution in [3.8, 4) is 0 Å². The van der Waals surface area contributed by atoms with Crippen molar-refractivity contribution >= 4 is 28.0 Å². The topological polar surface area (TPSA) is 89.6 Å². The Morgan fingerprint density at radius 1 is 0.939 bits per heavy atom. The third-order valence-electron chi connectivity index (χ3n) is 6.17. The minimum absolute atomic E-state index is 0.335. The highest BCUT2D eigenvalue weighted by Crippen LogP contribution is 2.20. The van der Waals surface area contributed by atoms with E-state index in [0.717, 1.165) is 22.9 Å². The molecular formula is C25H26N6O2. The molecule has 0 spiro atoms. The molecule has 8 heteroatoms. The minimum atomic E-state index is -0.384. The normalized spacial score (nSPS) is 11.5. The molecule has 3 aromatic heterocycles. The number of rotatable bonds is 7. The van der Waals surface area contributed by atoms with Crippen LogP contribution in [-0.4, -0.2) is 30.2 Å². The van der Waals surface area contributed by atoms with Crippen molar-refractivity contribution in [2.75, 3.05) is 11.9 Å². The first-order valence-electron chi connectivity index (χ1n) is 11.0. The van der Waals surface area contributed by atoms with Crippen LogP contribution >= 0.6 is 0 Å². The maximum atomic E-state index is 13.0. The molecule has 0 saturated heterocycles. The third kappa shape index (κ3) is 3.73. The highest BCUT2D eigenvalue weighted by atomic mass is 16.2. The van der Waals surface area contributed by atoms with Crippen LogP contribution in [0, 0.1) is 0 Å². The quantitative estimate of drug-likeness (QED) is 0.406. The zero-order chi connectivity index (χ0) is 22.9. The van der Waals surface area contributed by atoms with Gasteiger partial charge in [0, 0.05) is 44.3 Å². The SMILES string of the molecule is Cn1c(=O)c2c(nc(NCCc3c[nH]c4ccccc34)n2CCc2ccccc2)n(C)c1=O. The van der Waals surface area contributed by atoms with Gasteiger partial charge in [0.05, 0.1) is 0 Å². The maximum Gasteiger partial charge on any atom is 0.332 e. The standard InChI is InChI=1S/C25H26N6O2/c1-29-22-21(23(32)30(2)25(29)33)31(15-13-17-8-4-3-5-9-17)24(28-22)26-14-12-18-16-27-20-11-7-6-10-19(18)20/h3-11,16,27H,12-15H2,1-2H3,(H,26,28). The van der Waals surface area contributed by atoms with Crippen molar-refractivity contribution in [3.63, 3.8) is 0 Å². The highest BCUT2D eigenvalue weighted by molar-refractivity contribution is 5.83. The first-order valence-corrected chi connectivity index (χ1v) is 11.0. The van der Waals surface area contributed by atoms with Crippen LogP contribution in [0.25, 0.3) is 22.1 Å². The number of nitrogens with one attached hydrogen (secondary N) is 2. The Morgan fingerprint density at radius 3 is 2.52 bits per heavy atom. The number of H-pyrrole nitrogens is 1. The Bertz CT molecular complexity index is 1560. The van der Waals surface area contributed by atoms with Crippen LogP contribution in [-0.2, 0) is 33.5 Å². The number of aromatic amines is 1. The number of anilines is 1. The molecule has 8 nitrogen and oxygen atoms in total. The van der Waals surface area contributed by atoms with Crippen LogP contribution in [0.1, 0.15) is 11.1 Å². The maximum absolute atomic E-state index is 13.0. The van der Waals surface area contributed by atoms with E-state index in [1.165, 1.54) is 28.1 Å². The largest absolute Gasteiger partial charge is 0.361 e. The Balaban J connectivity index is 1.48. The molecule has 3 heterocycles. The predicted octanol–water partition coefficient (Wildman–Crippen LogP) is 2.81. The summed E-state index contributed by atoms with van der Waals surface area (Å²) in [4.78, 5) is 33.4. The van der Waals surface area contributed by atoms with E-state index in [1.54, 1.807) is 7.05 Å². The van der Waals surface area contributed by atoms with E-state index in [-0.39, 0.29) is 11.2 Å². The van der Waals surface area contributed by atoms with Crippen LogP contribution in [0.15, 0.2) is 70.4 Å². The first kappa shape index (κ1) is 20.8. The molecule has 0 atom stereocenters. The van der Waals surface area contributed by atoms with Gasteiger partial charge >= 0.3 is 5.69 Å². The predicted molar refractivity (Wildman–Crippen MR) is 131 cm³/mol. The van der Waals surface area contributed by atoms with Gasteiger partial charge in [0.15, 0.2) is 11.2 Å². The molecule has 5 rings (SSSR count). The summed E-state index contributed by atoms with van der Waals surface area (Å²) in [6.45, 7) is 1.22. The average molecular weight is 443 g/mol. The monoisotopic (exact) mass is 442 g/mol. The summed E-state index contributed by atoms with van der Waals surface area (Å²) in [5.41, 5.74) is 3.61. The molecule has 0 aliphatic rings. The number of aromatic nitrogens is 5.